The van der Waals surface area contributed by atoms with Crippen LogP contribution in [0.25, 0.3) is 0 Å². The van der Waals surface area contributed by atoms with Crippen LogP contribution >= 0.6 is 27.5 Å². The Kier molecular flexibility index (Phi) is 3.60. The van der Waals surface area contributed by atoms with Crippen LogP contribution in [0, 0.1) is 6.92 Å². The normalized spacial score (nSPS) is 10.3. The lowest BCUT2D eigenvalue weighted by atomic mass is 10.1. The first-order valence-electron chi connectivity index (χ1n) is 5.15. The fraction of sp³-hybridized carbons (Fsp3) is 0.0769. The number of nitrogen functional groups attached to an aromatic ring is 1. The lowest BCUT2D eigenvalue weighted by Gasteiger charge is -2.12. The van der Waals surface area contributed by atoms with E-state index in [0.29, 0.717) is 5.02 Å². The van der Waals surface area contributed by atoms with Gasteiger partial charge in [0.15, 0.2) is 0 Å². The molecule has 0 unspecified atom stereocenters. The first kappa shape index (κ1) is 12.3. The molecule has 4 heteroatoms. The third-order valence-corrected chi connectivity index (χ3v) is 3.38. The van der Waals surface area contributed by atoms with Crippen molar-refractivity contribution in [3.63, 3.8) is 0 Å². The van der Waals surface area contributed by atoms with E-state index in [4.69, 9.17) is 17.3 Å². The summed E-state index contributed by atoms with van der Waals surface area (Å²) in [6.07, 6.45) is 0. The van der Waals surface area contributed by atoms with Crippen molar-refractivity contribution in [1.29, 1.82) is 0 Å². The van der Waals surface area contributed by atoms with Crippen molar-refractivity contribution in [3.8, 4) is 0 Å². The molecule has 0 aliphatic carbocycles. The summed E-state index contributed by atoms with van der Waals surface area (Å²) in [7, 11) is 0. The van der Waals surface area contributed by atoms with Crippen molar-refractivity contribution in [2.75, 3.05) is 11.1 Å². The van der Waals surface area contributed by atoms with Gasteiger partial charge in [-0.25, -0.2) is 0 Å². The molecule has 0 aliphatic rings. The molecule has 17 heavy (non-hydrogen) atoms. The molecule has 0 atom stereocenters. The van der Waals surface area contributed by atoms with E-state index in [-0.39, 0.29) is 0 Å². The molecule has 0 aliphatic heterocycles. The Labute approximate surface area is 114 Å². The molecule has 2 aromatic rings. The zero-order valence-corrected chi connectivity index (χ0v) is 11.6. The first-order valence-corrected chi connectivity index (χ1v) is 6.32. The average Bonchev–Trinajstić information content (AvgIpc) is 2.28. The van der Waals surface area contributed by atoms with Crippen molar-refractivity contribution in [3.05, 3.63) is 51.5 Å². The molecule has 0 saturated heterocycles. The maximum absolute atomic E-state index is 6.15. The van der Waals surface area contributed by atoms with E-state index >= 15 is 0 Å². The topological polar surface area (TPSA) is 38.0 Å². The zero-order chi connectivity index (χ0) is 12.4. The summed E-state index contributed by atoms with van der Waals surface area (Å²) >= 11 is 9.52. The van der Waals surface area contributed by atoms with Crippen LogP contribution in [0.5, 0.6) is 0 Å². The second-order valence-corrected chi connectivity index (χ2v) is 5.09. The first-order chi connectivity index (χ1) is 8.08. The summed E-state index contributed by atoms with van der Waals surface area (Å²) in [6, 6.07) is 11.5. The highest BCUT2D eigenvalue weighted by Crippen LogP contribution is 2.30. The summed E-state index contributed by atoms with van der Waals surface area (Å²) in [4.78, 5) is 0. The number of benzene rings is 2. The number of rotatable bonds is 2. The number of anilines is 3. The van der Waals surface area contributed by atoms with Crippen molar-refractivity contribution >= 4 is 44.6 Å². The number of nitrogens with two attached hydrogens (primary N) is 1. The van der Waals surface area contributed by atoms with Crippen LogP contribution in [0.15, 0.2) is 40.9 Å². The highest BCUT2D eigenvalue weighted by molar-refractivity contribution is 9.10. The molecule has 0 bridgehead atoms. The second kappa shape index (κ2) is 4.98. The Morgan fingerprint density at radius 2 is 1.94 bits per heavy atom. The highest BCUT2D eigenvalue weighted by atomic mass is 79.9. The molecule has 3 N–H and O–H groups in total. The van der Waals surface area contributed by atoms with Gasteiger partial charge in [0.1, 0.15) is 0 Å². The molecule has 0 heterocycles. The van der Waals surface area contributed by atoms with Crippen LogP contribution in [0.4, 0.5) is 17.1 Å². The molecular formula is C13H12BrClN2. The van der Waals surface area contributed by atoms with Crippen molar-refractivity contribution in [2.24, 2.45) is 0 Å². The lowest BCUT2D eigenvalue weighted by Crippen LogP contribution is -1.97. The standard InChI is InChI=1S/C13H12BrClN2/c1-8-11(16)3-2-4-12(8)17-13-6-5-9(14)7-10(13)15/h2-7,17H,16H2,1H3. The minimum Gasteiger partial charge on any atom is -0.398 e. The highest BCUT2D eigenvalue weighted by Gasteiger charge is 2.04. The van der Waals surface area contributed by atoms with Crippen LogP contribution in [0.3, 0.4) is 0 Å². The van der Waals surface area contributed by atoms with Gasteiger partial charge in [-0.2, -0.15) is 0 Å². The van der Waals surface area contributed by atoms with E-state index in [2.05, 4.69) is 21.2 Å². The van der Waals surface area contributed by atoms with Crippen LogP contribution in [-0.2, 0) is 0 Å². The maximum atomic E-state index is 6.15. The summed E-state index contributed by atoms with van der Waals surface area (Å²) in [6.45, 7) is 1.98. The van der Waals surface area contributed by atoms with E-state index in [0.717, 1.165) is 27.1 Å². The Balaban J connectivity index is 2.35. The lowest BCUT2D eigenvalue weighted by molar-refractivity contribution is 1.43. The molecule has 2 rings (SSSR count). The Hall–Kier alpha value is -1.19. The minimum atomic E-state index is 0.668. The van der Waals surface area contributed by atoms with E-state index in [1.165, 1.54) is 0 Å². The van der Waals surface area contributed by atoms with E-state index in [9.17, 15) is 0 Å². The van der Waals surface area contributed by atoms with Gasteiger partial charge in [0.25, 0.3) is 0 Å². The number of hydrogen-bond acceptors (Lipinski definition) is 2. The van der Waals surface area contributed by atoms with Gasteiger partial charge < -0.3 is 11.1 Å². The molecule has 0 spiro atoms. The smallest absolute Gasteiger partial charge is 0.0652 e. The van der Waals surface area contributed by atoms with E-state index in [1.54, 1.807) is 0 Å². The molecule has 0 radical (unpaired) electrons. The molecule has 2 aromatic carbocycles. The maximum Gasteiger partial charge on any atom is 0.0652 e. The zero-order valence-electron chi connectivity index (χ0n) is 9.30. The van der Waals surface area contributed by atoms with Crippen LogP contribution in [0.2, 0.25) is 5.02 Å². The van der Waals surface area contributed by atoms with Gasteiger partial charge >= 0.3 is 0 Å². The summed E-state index contributed by atoms with van der Waals surface area (Å²) in [5.41, 5.74) is 9.47. The van der Waals surface area contributed by atoms with Crippen LogP contribution in [-0.4, -0.2) is 0 Å². The Morgan fingerprint density at radius 3 is 2.65 bits per heavy atom. The third kappa shape index (κ3) is 2.73. The van der Waals surface area contributed by atoms with Crippen molar-refractivity contribution in [2.45, 2.75) is 6.92 Å². The predicted octanol–water partition coefficient (Wildman–Crippen LogP) is 4.74. The van der Waals surface area contributed by atoms with E-state index < -0.39 is 0 Å². The molecular weight excluding hydrogens is 300 g/mol. The van der Waals surface area contributed by atoms with E-state index in [1.807, 2.05) is 43.3 Å². The molecule has 0 aromatic heterocycles. The van der Waals surface area contributed by atoms with Crippen molar-refractivity contribution < 1.29 is 0 Å². The van der Waals surface area contributed by atoms with Gasteiger partial charge in [0.2, 0.25) is 0 Å². The van der Waals surface area contributed by atoms with Crippen molar-refractivity contribution in [1.82, 2.24) is 0 Å². The fourth-order valence-electron chi connectivity index (χ4n) is 1.52. The Morgan fingerprint density at radius 1 is 1.18 bits per heavy atom. The summed E-state index contributed by atoms with van der Waals surface area (Å²) in [5.74, 6) is 0. The molecule has 2 nitrogen and oxygen atoms in total. The summed E-state index contributed by atoms with van der Waals surface area (Å²) in [5, 5.41) is 3.94. The van der Waals surface area contributed by atoms with Gasteiger partial charge in [0.05, 0.1) is 10.7 Å². The summed E-state index contributed by atoms with van der Waals surface area (Å²) < 4.78 is 0.956. The molecule has 88 valence electrons. The molecule has 0 saturated carbocycles. The number of nitrogens with one attached hydrogen (secondary N) is 1. The third-order valence-electron chi connectivity index (χ3n) is 2.58. The van der Waals surface area contributed by atoms with Gasteiger partial charge in [-0.15, -0.1) is 0 Å². The molecule has 0 fully saturated rings. The van der Waals surface area contributed by atoms with Gasteiger partial charge in [-0.1, -0.05) is 33.6 Å². The average molecular weight is 312 g/mol. The Bertz CT molecular complexity index is 555. The minimum absolute atomic E-state index is 0.668. The monoisotopic (exact) mass is 310 g/mol. The number of hydrogen-bond donors (Lipinski definition) is 2. The second-order valence-electron chi connectivity index (χ2n) is 3.77. The van der Waals surface area contributed by atoms with Gasteiger partial charge in [-0.3, -0.25) is 0 Å². The van der Waals surface area contributed by atoms with Crippen LogP contribution < -0.4 is 11.1 Å². The van der Waals surface area contributed by atoms with Crippen LogP contribution in [0.1, 0.15) is 5.56 Å². The number of halogens is 2. The SMILES string of the molecule is Cc1c(N)cccc1Nc1ccc(Br)cc1Cl. The van der Waals surface area contributed by atoms with Gasteiger partial charge in [0, 0.05) is 15.8 Å². The largest absolute Gasteiger partial charge is 0.398 e. The quantitative estimate of drug-likeness (QED) is 0.786. The van der Waals surface area contributed by atoms with Gasteiger partial charge in [-0.05, 0) is 42.8 Å². The molecule has 0 amide bonds. The fourth-order valence-corrected chi connectivity index (χ4v) is 2.25. The predicted molar refractivity (Wildman–Crippen MR) is 78.0 cm³/mol.